The Morgan fingerprint density at radius 1 is 1.08 bits per heavy atom. The third-order valence-corrected chi connectivity index (χ3v) is 4.12. The molecule has 0 aliphatic rings. The number of aromatic amines is 1. The van der Waals surface area contributed by atoms with Crippen LogP contribution in [0, 0.1) is 0 Å². The predicted molar refractivity (Wildman–Crippen MR) is 97.1 cm³/mol. The lowest BCUT2D eigenvalue weighted by Gasteiger charge is -2.11. The number of amides is 1. The number of hydrogen-bond acceptors (Lipinski definition) is 4. The number of benzene rings is 2. The molecule has 2 aromatic carbocycles. The minimum Gasteiger partial charge on any atom is -0.346 e. The molecule has 7 nitrogen and oxygen atoms in total. The van der Waals surface area contributed by atoms with Crippen molar-refractivity contribution < 1.29 is 4.79 Å². The number of imidazole rings is 1. The van der Waals surface area contributed by atoms with E-state index in [1.165, 1.54) is 0 Å². The van der Waals surface area contributed by atoms with E-state index in [1.807, 2.05) is 35.0 Å². The van der Waals surface area contributed by atoms with E-state index in [2.05, 4.69) is 20.5 Å². The molecular formula is C19H15N5O2. The average Bonchev–Trinajstić information content (AvgIpc) is 3.21. The molecule has 0 fully saturated rings. The zero-order chi connectivity index (χ0) is 17.9. The third-order valence-electron chi connectivity index (χ3n) is 4.12. The lowest BCUT2D eigenvalue weighted by molar-refractivity contribution is 0.0946. The summed E-state index contributed by atoms with van der Waals surface area (Å²) in [6.07, 6.45) is 5.25. The van der Waals surface area contributed by atoms with Gasteiger partial charge in [0.05, 0.1) is 17.4 Å². The smallest absolute Gasteiger partial charge is 0.272 e. The van der Waals surface area contributed by atoms with E-state index in [9.17, 15) is 9.59 Å². The molecule has 7 heteroatoms. The van der Waals surface area contributed by atoms with Gasteiger partial charge < -0.3 is 9.88 Å². The van der Waals surface area contributed by atoms with Gasteiger partial charge >= 0.3 is 0 Å². The van der Waals surface area contributed by atoms with Gasteiger partial charge in [-0.2, -0.15) is 5.10 Å². The first-order valence-corrected chi connectivity index (χ1v) is 8.06. The summed E-state index contributed by atoms with van der Waals surface area (Å²) in [4.78, 5) is 28.5. The molecule has 2 heterocycles. The Kier molecular flexibility index (Phi) is 4.03. The molecule has 0 aliphatic carbocycles. The van der Waals surface area contributed by atoms with Gasteiger partial charge in [-0.1, -0.05) is 36.4 Å². The predicted octanol–water partition coefficient (Wildman–Crippen LogP) is 2.04. The van der Waals surface area contributed by atoms with E-state index in [4.69, 9.17) is 0 Å². The van der Waals surface area contributed by atoms with Crippen LogP contribution in [0.15, 0.2) is 72.0 Å². The number of nitrogens with one attached hydrogen (secondary N) is 2. The topological polar surface area (TPSA) is 92.7 Å². The lowest BCUT2D eigenvalue weighted by Crippen LogP contribution is -2.26. The number of fused-ring (bicyclic) bond motifs is 1. The summed E-state index contributed by atoms with van der Waals surface area (Å²) in [7, 11) is 0. The molecule has 128 valence electrons. The van der Waals surface area contributed by atoms with Gasteiger partial charge in [0.15, 0.2) is 5.69 Å². The normalized spacial score (nSPS) is 10.8. The largest absolute Gasteiger partial charge is 0.346 e. The maximum absolute atomic E-state index is 12.6. The summed E-state index contributed by atoms with van der Waals surface area (Å²) in [6.45, 7) is 0.322. The van der Waals surface area contributed by atoms with Gasteiger partial charge in [-0.05, 0) is 17.7 Å². The highest BCUT2D eigenvalue weighted by Gasteiger charge is 2.14. The Labute approximate surface area is 148 Å². The molecule has 2 N–H and O–H groups in total. The number of rotatable bonds is 4. The molecule has 0 spiro atoms. The second-order valence-corrected chi connectivity index (χ2v) is 5.73. The van der Waals surface area contributed by atoms with Crippen molar-refractivity contribution in [2.75, 3.05) is 0 Å². The first kappa shape index (κ1) is 15.8. The molecule has 0 aliphatic heterocycles. The fourth-order valence-corrected chi connectivity index (χ4v) is 2.86. The number of carbonyl (C=O) groups excluding carboxylic acids is 1. The summed E-state index contributed by atoms with van der Waals surface area (Å²) < 4.78 is 1.88. The second-order valence-electron chi connectivity index (χ2n) is 5.73. The van der Waals surface area contributed by atoms with Crippen LogP contribution in [0.4, 0.5) is 0 Å². The van der Waals surface area contributed by atoms with Crippen LogP contribution in [-0.2, 0) is 6.54 Å². The monoisotopic (exact) mass is 345 g/mol. The summed E-state index contributed by atoms with van der Waals surface area (Å²) in [5.41, 5.74) is 1.75. The molecule has 0 saturated heterocycles. The van der Waals surface area contributed by atoms with Gasteiger partial charge in [0, 0.05) is 24.3 Å². The maximum atomic E-state index is 12.6. The van der Waals surface area contributed by atoms with Crippen molar-refractivity contribution in [3.8, 4) is 5.69 Å². The molecule has 0 bridgehead atoms. The highest BCUT2D eigenvalue weighted by atomic mass is 16.2. The fourth-order valence-electron chi connectivity index (χ4n) is 2.86. The van der Waals surface area contributed by atoms with E-state index in [0.717, 1.165) is 11.3 Å². The molecule has 4 rings (SSSR count). The van der Waals surface area contributed by atoms with Gasteiger partial charge in [0.25, 0.3) is 11.5 Å². The second kappa shape index (κ2) is 6.64. The zero-order valence-electron chi connectivity index (χ0n) is 13.7. The van der Waals surface area contributed by atoms with Crippen molar-refractivity contribution >= 4 is 16.7 Å². The summed E-state index contributed by atoms with van der Waals surface area (Å²) in [5, 5.41) is 10.1. The minimum atomic E-state index is -0.349. The van der Waals surface area contributed by atoms with Crippen molar-refractivity contribution in [2.45, 2.75) is 6.54 Å². The van der Waals surface area contributed by atoms with E-state index in [1.54, 1.807) is 36.8 Å². The van der Waals surface area contributed by atoms with Gasteiger partial charge in [0.2, 0.25) is 0 Å². The van der Waals surface area contributed by atoms with Crippen molar-refractivity contribution in [3.05, 3.63) is 88.9 Å². The number of nitrogens with zero attached hydrogens (tertiary/aromatic N) is 3. The van der Waals surface area contributed by atoms with Crippen molar-refractivity contribution in [2.24, 2.45) is 0 Å². The van der Waals surface area contributed by atoms with Crippen molar-refractivity contribution in [1.82, 2.24) is 25.1 Å². The van der Waals surface area contributed by atoms with Crippen LogP contribution in [0.3, 0.4) is 0 Å². The highest BCUT2D eigenvalue weighted by molar-refractivity contribution is 6.04. The quantitative estimate of drug-likeness (QED) is 0.592. The summed E-state index contributed by atoms with van der Waals surface area (Å²) in [5.74, 6) is -0.349. The first-order valence-electron chi connectivity index (χ1n) is 8.06. The maximum Gasteiger partial charge on any atom is 0.272 e. The molecule has 2 aromatic heterocycles. The molecule has 0 saturated carbocycles. The van der Waals surface area contributed by atoms with Crippen LogP contribution < -0.4 is 10.9 Å². The van der Waals surface area contributed by atoms with Gasteiger partial charge in [-0.25, -0.2) is 10.1 Å². The van der Waals surface area contributed by atoms with Crippen LogP contribution >= 0.6 is 0 Å². The highest BCUT2D eigenvalue weighted by Crippen LogP contribution is 2.15. The number of hydrogen-bond donors (Lipinski definition) is 2. The number of carbonyl (C=O) groups is 1. The Balaban J connectivity index is 1.62. The Morgan fingerprint density at radius 2 is 1.85 bits per heavy atom. The number of aromatic nitrogens is 4. The van der Waals surface area contributed by atoms with Crippen LogP contribution in [0.25, 0.3) is 16.5 Å². The number of H-pyrrole nitrogens is 1. The summed E-state index contributed by atoms with van der Waals surface area (Å²) >= 11 is 0. The Hall–Kier alpha value is -3.74. The summed E-state index contributed by atoms with van der Waals surface area (Å²) in [6, 6.07) is 14.6. The van der Waals surface area contributed by atoms with E-state index < -0.39 is 0 Å². The van der Waals surface area contributed by atoms with Gasteiger partial charge in [0.1, 0.15) is 0 Å². The van der Waals surface area contributed by atoms with Crippen molar-refractivity contribution in [1.29, 1.82) is 0 Å². The van der Waals surface area contributed by atoms with Crippen LogP contribution in [-0.4, -0.2) is 25.7 Å². The van der Waals surface area contributed by atoms with E-state index in [0.29, 0.717) is 17.3 Å². The first-order chi connectivity index (χ1) is 12.7. The van der Waals surface area contributed by atoms with Crippen LogP contribution in [0.2, 0.25) is 0 Å². The van der Waals surface area contributed by atoms with Crippen molar-refractivity contribution in [3.63, 3.8) is 0 Å². The third kappa shape index (κ3) is 2.86. The average molecular weight is 345 g/mol. The molecular weight excluding hydrogens is 330 g/mol. The van der Waals surface area contributed by atoms with E-state index >= 15 is 0 Å². The van der Waals surface area contributed by atoms with Gasteiger partial charge in [-0.3, -0.25) is 9.59 Å². The molecule has 4 aromatic rings. The molecule has 0 unspecified atom stereocenters. The van der Waals surface area contributed by atoms with Crippen LogP contribution in [0.5, 0.6) is 0 Å². The molecule has 26 heavy (non-hydrogen) atoms. The Morgan fingerprint density at radius 3 is 2.65 bits per heavy atom. The van der Waals surface area contributed by atoms with E-state index in [-0.39, 0.29) is 17.2 Å². The minimum absolute atomic E-state index is 0.195. The molecule has 0 atom stereocenters. The molecule has 1 amide bonds. The SMILES string of the molecule is O=C(NCc1ccccc1-n1ccnc1)c1n[nH]c(=O)c2ccccc12. The standard InChI is InChI=1S/C19H15N5O2/c25-18-15-7-3-2-6-14(15)17(22-23-18)19(26)21-11-13-5-1-4-8-16(13)24-10-9-20-12-24/h1-10,12H,11H2,(H,21,26)(H,23,25). The molecule has 0 radical (unpaired) electrons. The van der Waals surface area contributed by atoms with Crippen LogP contribution in [0.1, 0.15) is 16.1 Å². The lowest BCUT2D eigenvalue weighted by atomic mass is 10.1. The number of para-hydroxylation sites is 1. The van der Waals surface area contributed by atoms with Gasteiger partial charge in [-0.15, -0.1) is 0 Å². The Bertz CT molecular complexity index is 1130. The zero-order valence-corrected chi connectivity index (χ0v) is 13.7. The fraction of sp³-hybridized carbons (Fsp3) is 0.0526.